The highest BCUT2D eigenvalue weighted by Crippen LogP contribution is 2.22. The van der Waals surface area contributed by atoms with Crippen LogP contribution in [0.4, 0.5) is 0 Å². The molecule has 4 rings (SSSR count). The summed E-state index contributed by atoms with van der Waals surface area (Å²) in [6, 6.07) is -19.0. The minimum atomic E-state index is -1.98. The lowest BCUT2D eigenvalue weighted by Gasteiger charge is -2.30. The molecule has 51 nitrogen and oxygen atoms in total. The van der Waals surface area contributed by atoms with Crippen LogP contribution >= 0.6 is 0 Å². The molecule has 762 valence electrons. The molecule has 0 spiro atoms. The maximum absolute atomic E-state index is 15.3. The van der Waals surface area contributed by atoms with E-state index >= 15 is 19.2 Å². The van der Waals surface area contributed by atoms with E-state index in [2.05, 4.69) is 115 Å². The van der Waals surface area contributed by atoms with Crippen molar-refractivity contribution < 1.29 is 112 Å². The standard InChI is InChI=1S/C86H140N28O23/c1-11-44(7)66(112-73(125)55(22-17-27-95-85(89)90)102-77(129)61(32-49-35-93-40-98-49)109-83(135)68(47(10)118)114-82(134)67(45(8)12-2)113-72(124)54(21-15-16-26-87)101-70(122)52(88)37-115)81(133)108-62(33-50-36-94-41-99-50)78(130)107-60(31-48-34-97-53-20-14-13-19-51(48)53)76(128)103-56(24-25-65(119)120)71(123)111-63(38-116)79(131)100-46(9)69(121)110-64(39-117)80(132)106-59(30-43(5)6)75(127)105-58(29-42(3)4)74(126)104-57(84(136)137)23-18-28-96-86(91)92/h13-14,19-20,34-36,40-47,52,54-64,66-68,97,115-118H,11-12,15-18,21-33,37-39,87-88H2,1-10H3,(H,93,98)(H,94,99)(H,100,131)(H,101,122)(H,102,129)(H,103,128)(H,104,126)(H,105,127)(H,106,132)(H,107,130)(H,108,133)(H,109,135)(H,110,121)(H,111,123)(H,112,125)(H,113,124)(H,114,134)(H,119,120)(H,136,137)(H4,89,90,95)(H4,91,92,96)/t44-,45-,46-,47+,52-,54-,55-,56-,57-,58-,59-,60-,61-,62-,63-,64-,66-,67-,68-/m0/s1. The second kappa shape index (κ2) is 59.4. The number of aliphatic carboxylic acids is 2. The van der Waals surface area contributed by atoms with E-state index in [0.717, 1.165) is 13.8 Å². The zero-order valence-corrected chi connectivity index (χ0v) is 78.7. The Bertz CT molecular complexity index is 4650. The first-order chi connectivity index (χ1) is 64.8. The van der Waals surface area contributed by atoms with Gasteiger partial charge in [-0.15, -0.1) is 0 Å². The van der Waals surface area contributed by atoms with Crippen molar-refractivity contribution in [1.82, 2.24) is 115 Å². The Balaban J connectivity index is 1.65. The molecule has 0 unspecified atom stereocenters. The first-order valence-electron chi connectivity index (χ1n) is 45.4. The Morgan fingerprint density at radius 2 is 0.774 bits per heavy atom. The van der Waals surface area contributed by atoms with E-state index in [1.165, 1.54) is 31.2 Å². The summed E-state index contributed by atoms with van der Waals surface area (Å²) in [5.41, 5.74) is 23.8. The van der Waals surface area contributed by atoms with E-state index in [1.807, 2.05) is 0 Å². The number of aromatic amines is 3. The molecule has 4 aromatic rings. The fourth-order valence-corrected chi connectivity index (χ4v) is 14.1. The number of imidazole rings is 2. The SMILES string of the molecule is CC[C@H](C)[C@H](NC(=O)[C@H](CCCNC(=N)N)NC(=O)[C@H](Cc1cnc[nH]1)NC(=O)[C@@H](NC(=O)[C@@H](NC(=O)[C@H](CCCCN)NC(=O)[C@@H](N)CO)[C@@H](C)CC)[C@@H](C)O)C(=O)N[C@@H](Cc1cnc[nH]1)C(=O)N[C@@H](Cc1c[nH]c2ccccc12)C(=O)N[C@@H](CCC(=O)O)C(=O)N[C@@H](CO)C(=O)N[C@@H](C)C(=O)N[C@@H](CO)C(=O)N[C@@H](CC(C)C)C(=O)N[C@@H](CC(C)C)C(=O)N[C@@H](CCCNC(=N)N)C(=O)O. The van der Waals surface area contributed by atoms with E-state index in [-0.39, 0.29) is 113 Å². The number of amides is 15. The van der Waals surface area contributed by atoms with Crippen molar-refractivity contribution in [2.24, 2.45) is 46.6 Å². The number of carboxylic acids is 2. The van der Waals surface area contributed by atoms with Crippen LogP contribution in [0.5, 0.6) is 0 Å². The average Bonchev–Trinajstić information content (AvgIpc) is 1.73. The second-order valence-electron chi connectivity index (χ2n) is 34.4. The third-order valence-electron chi connectivity index (χ3n) is 22.3. The fourth-order valence-electron chi connectivity index (χ4n) is 14.1. The maximum Gasteiger partial charge on any atom is 0.326 e. The molecule has 0 fully saturated rings. The van der Waals surface area contributed by atoms with E-state index in [1.54, 1.807) is 79.7 Å². The van der Waals surface area contributed by atoms with Gasteiger partial charge in [0.25, 0.3) is 0 Å². The van der Waals surface area contributed by atoms with Crippen LogP contribution in [0, 0.1) is 34.5 Å². The van der Waals surface area contributed by atoms with Crippen LogP contribution in [0.2, 0.25) is 0 Å². The van der Waals surface area contributed by atoms with Crippen LogP contribution in [0.1, 0.15) is 170 Å². The first-order valence-corrected chi connectivity index (χ1v) is 45.4. The Labute approximate surface area is 791 Å². The number of aliphatic hydroxyl groups is 4. The van der Waals surface area contributed by atoms with Crippen LogP contribution in [0.25, 0.3) is 10.9 Å². The second-order valence-corrected chi connectivity index (χ2v) is 34.4. The van der Waals surface area contributed by atoms with Gasteiger partial charge in [0.15, 0.2) is 11.9 Å². The van der Waals surface area contributed by atoms with Gasteiger partial charge in [-0.1, -0.05) is 86.4 Å². The zero-order valence-electron chi connectivity index (χ0n) is 78.7. The number of aromatic nitrogens is 5. The number of nitrogens with one attached hydrogen (secondary N) is 22. The molecule has 0 radical (unpaired) electrons. The first kappa shape index (κ1) is 116. The number of aliphatic hydroxyl groups excluding tert-OH is 4. The summed E-state index contributed by atoms with van der Waals surface area (Å²) >= 11 is 0. The number of nitrogens with two attached hydrogens (primary N) is 4. The highest BCUT2D eigenvalue weighted by atomic mass is 16.4. The number of benzene rings is 1. The van der Waals surface area contributed by atoms with Gasteiger partial charge in [0.2, 0.25) is 88.6 Å². The number of unbranched alkanes of at least 4 members (excludes halogenated alkanes) is 1. The average molecular weight is 1930 g/mol. The van der Waals surface area contributed by atoms with Crippen molar-refractivity contribution in [2.45, 2.75) is 275 Å². The number of carboxylic acid groups (broad SMARTS) is 2. The topological polar surface area (TPSA) is 841 Å². The van der Waals surface area contributed by atoms with Crippen LogP contribution in [0.3, 0.4) is 0 Å². The molecule has 0 aliphatic rings. The summed E-state index contributed by atoms with van der Waals surface area (Å²) in [7, 11) is 0. The number of rotatable bonds is 64. The van der Waals surface area contributed by atoms with Gasteiger partial charge in [-0.05, 0) is 120 Å². The highest BCUT2D eigenvalue weighted by molar-refractivity contribution is 6.02. The molecule has 0 aliphatic heterocycles. The Kier molecular flexibility index (Phi) is 50.2. The summed E-state index contributed by atoms with van der Waals surface area (Å²) in [6.07, 6.45) is 3.38. The van der Waals surface area contributed by atoms with Crippen LogP contribution in [-0.4, -0.2) is 310 Å². The van der Waals surface area contributed by atoms with Gasteiger partial charge in [0.1, 0.15) is 96.7 Å². The summed E-state index contributed by atoms with van der Waals surface area (Å²) in [5, 5.41) is 120. The van der Waals surface area contributed by atoms with Crippen LogP contribution in [-0.2, 0) is 101 Å². The lowest BCUT2D eigenvalue weighted by Crippen LogP contribution is -2.63. The minimum Gasteiger partial charge on any atom is -0.481 e. The molecule has 19 atom stereocenters. The smallest absolute Gasteiger partial charge is 0.326 e. The van der Waals surface area contributed by atoms with Crippen molar-refractivity contribution in [1.29, 1.82) is 10.8 Å². The molecule has 0 saturated heterocycles. The maximum atomic E-state index is 15.3. The molecule has 3 heterocycles. The third-order valence-corrected chi connectivity index (χ3v) is 22.3. The number of carbonyl (C=O) groups is 17. The molecule has 0 saturated carbocycles. The Morgan fingerprint density at radius 1 is 0.409 bits per heavy atom. The molecule has 0 aliphatic carbocycles. The molecule has 137 heavy (non-hydrogen) atoms. The van der Waals surface area contributed by atoms with Gasteiger partial charge in [-0.2, -0.15) is 0 Å². The normalized spacial score (nSPS) is 15.5. The zero-order chi connectivity index (χ0) is 102. The molecule has 1 aromatic carbocycles. The van der Waals surface area contributed by atoms with Crippen LogP contribution in [0.15, 0.2) is 55.5 Å². The van der Waals surface area contributed by atoms with Crippen molar-refractivity contribution in [3.05, 3.63) is 72.5 Å². The monoisotopic (exact) mass is 1930 g/mol. The number of hydrogen-bond acceptors (Lipinski definition) is 27. The Hall–Kier alpha value is -13.5. The predicted molar refractivity (Wildman–Crippen MR) is 496 cm³/mol. The molecular weight excluding hydrogens is 1790 g/mol. The molecule has 36 N–H and O–H groups in total. The highest BCUT2D eigenvalue weighted by Gasteiger charge is 2.41. The number of fused-ring (bicyclic) bond motifs is 1. The van der Waals surface area contributed by atoms with Gasteiger partial charge >= 0.3 is 11.9 Å². The van der Waals surface area contributed by atoms with Crippen molar-refractivity contribution in [3.63, 3.8) is 0 Å². The number of H-pyrrole nitrogens is 3. The van der Waals surface area contributed by atoms with Gasteiger partial charge in [-0.3, -0.25) is 87.5 Å². The summed E-state index contributed by atoms with van der Waals surface area (Å²) in [6.45, 7) is 13.0. The number of para-hydroxylation sites is 1. The summed E-state index contributed by atoms with van der Waals surface area (Å²) < 4.78 is 0. The Morgan fingerprint density at radius 3 is 1.20 bits per heavy atom. The van der Waals surface area contributed by atoms with Crippen molar-refractivity contribution in [3.8, 4) is 0 Å². The van der Waals surface area contributed by atoms with Crippen LogP contribution < -0.4 is 113 Å². The van der Waals surface area contributed by atoms with E-state index in [0.29, 0.717) is 29.3 Å². The van der Waals surface area contributed by atoms with Crippen molar-refractivity contribution in [2.75, 3.05) is 39.5 Å². The van der Waals surface area contributed by atoms with Gasteiger partial charge in [-0.25, -0.2) is 14.8 Å². The lowest BCUT2D eigenvalue weighted by molar-refractivity contribution is -0.142. The summed E-state index contributed by atoms with van der Waals surface area (Å²) in [4.78, 5) is 256. The molecule has 3 aromatic heterocycles. The summed E-state index contributed by atoms with van der Waals surface area (Å²) in [5.74, 6) is -21.3. The molecule has 0 bridgehead atoms. The molecule has 15 amide bonds. The van der Waals surface area contributed by atoms with Gasteiger partial charge in [0.05, 0.1) is 38.6 Å². The number of hydrogen-bond donors (Lipinski definition) is 32. The predicted octanol–water partition coefficient (Wildman–Crippen LogP) is -7.59. The van der Waals surface area contributed by atoms with Crippen molar-refractivity contribution >= 4 is 123 Å². The fraction of sp³-hybridized carbons (Fsp3) is 0.616. The number of nitrogens with zero attached hydrogens (tertiary/aromatic N) is 2. The van der Waals surface area contributed by atoms with E-state index < -0.39 is 267 Å². The largest absolute Gasteiger partial charge is 0.481 e. The minimum absolute atomic E-state index is 0.000873. The number of guanidine groups is 2. The molecule has 51 heteroatoms. The lowest BCUT2D eigenvalue weighted by atomic mass is 9.96. The third kappa shape index (κ3) is 40.1. The number of carbonyl (C=O) groups excluding carboxylic acids is 15. The quantitative estimate of drug-likeness (QED) is 0.0111. The van der Waals surface area contributed by atoms with E-state index in [9.17, 15) is 93.0 Å². The van der Waals surface area contributed by atoms with E-state index in [4.69, 9.17) is 33.8 Å². The van der Waals surface area contributed by atoms with Gasteiger partial charge in [0, 0.05) is 79.7 Å². The van der Waals surface area contributed by atoms with Gasteiger partial charge < -0.3 is 159 Å². The molecular formula is C86H140N28O23.